The topological polar surface area (TPSA) is 79.6 Å². The third-order valence-electron chi connectivity index (χ3n) is 4.25. The van der Waals surface area contributed by atoms with Gasteiger partial charge in [0.1, 0.15) is 11.4 Å². The summed E-state index contributed by atoms with van der Waals surface area (Å²) < 4.78 is 38.5. The predicted molar refractivity (Wildman–Crippen MR) is 93.1 cm³/mol. The number of alkyl halides is 3. The van der Waals surface area contributed by atoms with Gasteiger partial charge in [0.25, 0.3) is 11.6 Å². The first-order valence-corrected chi connectivity index (χ1v) is 8.87. The second kappa shape index (κ2) is 7.14. The molecule has 144 valence electrons. The van der Waals surface area contributed by atoms with Crippen LogP contribution in [0.15, 0.2) is 23.6 Å². The van der Waals surface area contributed by atoms with Crippen molar-refractivity contribution in [2.24, 2.45) is 0 Å². The quantitative estimate of drug-likeness (QED) is 0.583. The second-order valence-corrected chi connectivity index (χ2v) is 7.05. The van der Waals surface area contributed by atoms with Gasteiger partial charge in [0.15, 0.2) is 0 Å². The van der Waals surface area contributed by atoms with Crippen molar-refractivity contribution >= 4 is 28.6 Å². The Morgan fingerprint density at radius 1 is 1.26 bits per heavy atom. The fraction of sp³-hybridized carbons (Fsp3) is 0.375. The van der Waals surface area contributed by atoms with E-state index in [4.69, 9.17) is 0 Å². The average Bonchev–Trinajstić information content (AvgIpc) is 3.06. The van der Waals surface area contributed by atoms with E-state index in [1.807, 2.05) is 0 Å². The number of aryl methyl sites for hydroxylation is 1. The molecule has 0 unspecified atom stereocenters. The number of aromatic nitrogens is 1. The summed E-state index contributed by atoms with van der Waals surface area (Å²) in [4.78, 5) is 30.2. The Morgan fingerprint density at radius 2 is 1.93 bits per heavy atom. The Labute approximate surface area is 156 Å². The molecule has 0 atom stereocenters. The number of carbonyl (C=O) groups excluding carboxylic acids is 1. The number of anilines is 1. The van der Waals surface area contributed by atoms with Crippen molar-refractivity contribution in [1.29, 1.82) is 0 Å². The van der Waals surface area contributed by atoms with Crippen LogP contribution in [0.3, 0.4) is 0 Å². The molecular weight excluding hydrogens is 385 g/mol. The van der Waals surface area contributed by atoms with Gasteiger partial charge in [-0.05, 0) is 19.1 Å². The zero-order valence-electron chi connectivity index (χ0n) is 14.2. The summed E-state index contributed by atoms with van der Waals surface area (Å²) in [6.07, 6.45) is -4.65. The number of rotatable bonds is 3. The molecule has 0 N–H and O–H groups in total. The lowest BCUT2D eigenvalue weighted by Crippen LogP contribution is -2.49. The van der Waals surface area contributed by atoms with Crippen molar-refractivity contribution in [3.05, 3.63) is 50.0 Å². The third-order valence-corrected chi connectivity index (χ3v) is 5.02. The molecular formula is C16H15F3N4O3S. The van der Waals surface area contributed by atoms with E-state index in [2.05, 4.69) is 4.98 Å². The Kier molecular flexibility index (Phi) is 5.05. The maximum Gasteiger partial charge on any atom is 0.416 e. The highest BCUT2D eigenvalue weighted by Gasteiger charge is 2.34. The van der Waals surface area contributed by atoms with E-state index in [0.717, 1.165) is 17.1 Å². The number of halogens is 3. The number of amides is 1. The Bertz CT molecular complexity index is 876. The molecule has 1 saturated heterocycles. The highest BCUT2D eigenvalue weighted by molar-refractivity contribution is 7.09. The smallest absolute Gasteiger partial charge is 0.362 e. The molecule has 1 fully saturated rings. The number of nitrogens with zero attached hydrogens (tertiary/aromatic N) is 4. The van der Waals surface area contributed by atoms with Gasteiger partial charge in [-0.3, -0.25) is 14.9 Å². The largest absolute Gasteiger partial charge is 0.416 e. The van der Waals surface area contributed by atoms with Gasteiger partial charge >= 0.3 is 6.18 Å². The van der Waals surface area contributed by atoms with Gasteiger partial charge in [0.05, 0.1) is 15.5 Å². The van der Waals surface area contributed by atoms with Crippen LogP contribution in [0.5, 0.6) is 0 Å². The van der Waals surface area contributed by atoms with Crippen LogP contribution in [0, 0.1) is 17.0 Å². The summed E-state index contributed by atoms with van der Waals surface area (Å²) in [5, 5.41) is 13.7. The van der Waals surface area contributed by atoms with E-state index in [9.17, 15) is 28.1 Å². The summed E-state index contributed by atoms with van der Waals surface area (Å²) in [5.74, 6) is -0.221. The fourth-order valence-electron chi connectivity index (χ4n) is 2.89. The van der Waals surface area contributed by atoms with E-state index >= 15 is 0 Å². The maximum atomic E-state index is 12.8. The van der Waals surface area contributed by atoms with E-state index in [0.29, 0.717) is 24.8 Å². The molecule has 2 aromatic rings. The molecule has 0 bridgehead atoms. The number of hydrogen-bond donors (Lipinski definition) is 0. The van der Waals surface area contributed by atoms with Gasteiger partial charge in [-0.15, -0.1) is 11.3 Å². The lowest BCUT2D eigenvalue weighted by atomic mass is 10.1. The van der Waals surface area contributed by atoms with E-state index < -0.39 is 22.4 Å². The lowest BCUT2D eigenvalue weighted by Gasteiger charge is -2.35. The van der Waals surface area contributed by atoms with Crippen molar-refractivity contribution < 1.29 is 22.9 Å². The average molecular weight is 400 g/mol. The number of carbonyl (C=O) groups is 1. The normalized spacial score (nSPS) is 15.1. The fourth-order valence-corrected chi connectivity index (χ4v) is 3.47. The Hall–Kier alpha value is -2.69. The lowest BCUT2D eigenvalue weighted by molar-refractivity contribution is -0.384. The molecule has 0 spiro atoms. The number of thiazole rings is 1. The Morgan fingerprint density at radius 3 is 2.44 bits per heavy atom. The molecule has 1 aliphatic rings. The van der Waals surface area contributed by atoms with E-state index in [-0.39, 0.29) is 24.7 Å². The van der Waals surface area contributed by atoms with E-state index in [1.54, 1.807) is 22.1 Å². The van der Waals surface area contributed by atoms with Crippen LogP contribution in [0.1, 0.15) is 21.1 Å². The van der Waals surface area contributed by atoms with Gasteiger partial charge in [-0.25, -0.2) is 4.98 Å². The standard InChI is InChI=1S/C16H15F3N4O3S/c1-10-20-12(9-27-10)15(24)22-6-4-21(5-7-22)13-3-2-11(16(17,18)19)8-14(13)23(25)26/h2-3,8-9H,4-7H2,1H3. The van der Waals surface area contributed by atoms with Crippen LogP contribution in [-0.4, -0.2) is 46.9 Å². The number of nitro groups is 1. The third kappa shape index (κ3) is 4.02. The number of piperazine rings is 1. The molecule has 1 aromatic heterocycles. The van der Waals surface area contributed by atoms with Gasteiger partial charge in [-0.1, -0.05) is 0 Å². The molecule has 3 rings (SSSR count). The highest BCUT2D eigenvalue weighted by Crippen LogP contribution is 2.36. The molecule has 1 aliphatic heterocycles. The molecule has 0 aliphatic carbocycles. The zero-order valence-corrected chi connectivity index (χ0v) is 15.0. The number of hydrogen-bond acceptors (Lipinski definition) is 6. The minimum absolute atomic E-state index is 0.115. The molecule has 0 saturated carbocycles. The summed E-state index contributed by atoms with van der Waals surface area (Å²) in [6, 6.07) is 2.49. The summed E-state index contributed by atoms with van der Waals surface area (Å²) in [6.45, 7) is 2.95. The molecule has 7 nitrogen and oxygen atoms in total. The molecule has 11 heteroatoms. The predicted octanol–water partition coefficient (Wildman–Crippen LogP) is 3.34. The first-order valence-electron chi connectivity index (χ1n) is 7.99. The SMILES string of the molecule is Cc1nc(C(=O)N2CCN(c3ccc(C(F)(F)F)cc3[N+](=O)[O-])CC2)cs1. The number of nitro benzene ring substituents is 1. The second-order valence-electron chi connectivity index (χ2n) is 5.99. The van der Waals surface area contributed by atoms with Crippen LogP contribution in [0.25, 0.3) is 0 Å². The minimum atomic E-state index is -4.65. The van der Waals surface area contributed by atoms with Crippen LogP contribution in [0.4, 0.5) is 24.5 Å². The summed E-state index contributed by atoms with van der Waals surface area (Å²) >= 11 is 1.37. The molecule has 1 aromatic carbocycles. The minimum Gasteiger partial charge on any atom is -0.362 e. The van der Waals surface area contributed by atoms with Gasteiger partial charge in [0, 0.05) is 37.6 Å². The maximum absolute atomic E-state index is 12.8. The summed E-state index contributed by atoms with van der Waals surface area (Å²) in [5.41, 5.74) is -1.19. The molecule has 2 heterocycles. The monoisotopic (exact) mass is 400 g/mol. The van der Waals surface area contributed by atoms with Crippen molar-refractivity contribution in [2.75, 3.05) is 31.1 Å². The van der Waals surface area contributed by atoms with E-state index in [1.165, 1.54) is 11.3 Å². The van der Waals surface area contributed by atoms with Gasteiger partial charge in [0.2, 0.25) is 0 Å². The van der Waals surface area contributed by atoms with Gasteiger partial charge < -0.3 is 9.80 Å². The van der Waals surface area contributed by atoms with Crippen LogP contribution in [-0.2, 0) is 6.18 Å². The first kappa shape index (κ1) is 19.1. The van der Waals surface area contributed by atoms with Crippen LogP contribution < -0.4 is 4.90 Å². The zero-order chi connectivity index (χ0) is 19.8. The van der Waals surface area contributed by atoms with Crippen molar-refractivity contribution in [3.63, 3.8) is 0 Å². The number of benzene rings is 1. The molecule has 27 heavy (non-hydrogen) atoms. The first-order chi connectivity index (χ1) is 12.7. The molecule has 0 radical (unpaired) electrons. The van der Waals surface area contributed by atoms with Gasteiger partial charge in [-0.2, -0.15) is 13.2 Å². The highest BCUT2D eigenvalue weighted by atomic mass is 32.1. The van der Waals surface area contributed by atoms with Crippen LogP contribution in [0.2, 0.25) is 0 Å². The van der Waals surface area contributed by atoms with Crippen LogP contribution >= 0.6 is 11.3 Å². The molecule has 1 amide bonds. The Balaban J connectivity index is 1.76. The van der Waals surface area contributed by atoms with Crippen molar-refractivity contribution in [3.8, 4) is 0 Å². The van der Waals surface area contributed by atoms with Crippen molar-refractivity contribution in [2.45, 2.75) is 13.1 Å². The van der Waals surface area contributed by atoms with Crippen molar-refractivity contribution in [1.82, 2.24) is 9.88 Å². The summed E-state index contributed by atoms with van der Waals surface area (Å²) in [7, 11) is 0.